The van der Waals surface area contributed by atoms with Crippen molar-refractivity contribution in [1.29, 1.82) is 0 Å². The third-order valence-electron chi connectivity index (χ3n) is 5.23. The third kappa shape index (κ3) is 3.45. The van der Waals surface area contributed by atoms with Crippen molar-refractivity contribution in [2.24, 2.45) is 0 Å². The molecule has 29 heavy (non-hydrogen) atoms. The average molecular weight is 391 g/mol. The number of fused-ring (bicyclic) bond motifs is 2. The Labute approximate surface area is 168 Å². The van der Waals surface area contributed by atoms with Gasteiger partial charge in [0.1, 0.15) is 6.10 Å². The van der Waals surface area contributed by atoms with Crippen LogP contribution in [0.2, 0.25) is 0 Å². The zero-order valence-electron chi connectivity index (χ0n) is 16.1. The molecule has 0 saturated carbocycles. The molecule has 7 nitrogen and oxygen atoms in total. The maximum absolute atomic E-state index is 12.7. The number of benzene rings is 2. The molecule has 1 aromatic heterocycles. The van der Waals surface area contributed by atoms with E-state index in [9.17, 15) is 4.79 Å². The molecule has 0 fully saturated rings. The van der Waals surface area contributed by atoms with Crippen LogP contribution < -0.4 is 14.8 Å². The van der Waals surface area contributed by atoms with Gasteiger partial charge in [0.15, 0.2) is 17.2 Å². The number of nitrogens with zero attached hydrogens (tertiary/aromatic N) is 2. The van der Waals surface area contributed by atoms with Crippen LogP contribution in [0.15, 0.2) is 48.5 Å². The molecule has 1 N–H and O–H groups in total. The topological polar surface area (TPSA) is 74.6 Å². The van der Waals surface area contributed by atoms with Gasteiger partial charge in [0, 0.05) is 5.69 Å². The summed E-state index contributed by atoms with van der Waals surface area (Å²) in [6.45, 7) is 3.26. The summed E-state index contributed by atoms with van der Waals surface area (Å²) in [5.41, 5.74) is 4.21. The molecule has 1 amide bonds. The maximum atomic E-state index is 12.7. The largest absolute Gasteiger partial charge is 0.454 e. The van der Waals surface area contributed by atoms with Crippen LogP contribution in [0.25, 0.3) is 0 Å². The van der Waals surface area contributed by atoms with E-state index < -0.39 is 0 Å². The van der Waals surface area contributed by atoms with Crippen molar-refractivity contribution in [2.75, 3.05) is 12.1 Å². The van der Waals surface area contributed by atoms with Crippen molar-refractivity contribution in [1.82, 2.24) is 9.78 Å². The van der Waals surface area contributed by atoms with E-state index in [1.54, 1.807) is 6.07 Å². The zero-order valence-corrected chi connectivity index (χ0v) is 16.1. The lowest BCUT2D eigenvalue weighted by molar-refractivity contribution is -0.00127. The number of aryl methyl sites for hydroxylation is 1. The molecule has 0 radical (unpaired) electrons. The number of nitrogens with one attached hydrogen (secondary N) is 1. The highest BCUT2D eigenvalue weighted by molar-refractivity contribution is 6.02. The van der Waals surface area contributed by atoms with Gasteiger partial charge in [-0.3, -0.25) is 9.48 Å². The van der Waals surface area contributed by atoms with Crippen molar-refractivity contribution < 1.29 is 19.0 Å². The smallest absolute Gasteiger partial charge is 0.276 e. The number of aromatic nitrogens is 2. The molecule has 0 aliphatic carbocycles. The third-order valence-corrected chi connectivity index (χ3v) is 5.23. The van der Waals surface area contributed by atoms with E-state index in [2.05, 4.69) is 17.3 Å². The van der Waals surface area contributed by atoms with Gasteiger partial charge in [-0.2, -0.15) is 5.10 Å². The van der Waals surface area contributed by atoms with Crippen LogP contribution in [-0.2, 0) is 24.3 Å². The first kappa shape index (κ1) is 17.8. The van der Waals surface area contributed by atoms with E-state index >= 15 is 0 Å². The molecule has 2 aliphatic rings. The Hall–Kier alpha value is -3.32. The lowest BCUT2D eigenvalue weighted by Gasteiger charge is -2.24. The van der Waals surface area contributed by atoms with E-state index in [0.29, 0.717) is 18.8 Å². The van der Waals surface area contributed by atoms with Crippen LogP contribution in [0.1, 0.15) is 40.3 Å². The van der Waals surface area contributed by atoms with Crippen LogP contribution >= 0.6 is 0 Å². The van der Waals surface area contributed by atoms with Crippen LogP contribution in [0.3, 0.4) is 0 Å². The minimum absolute atomic E-state index is 0.158. The number of carbonyl (C=O) groups excluding carboxylic acids is 1. The molecule has 7 heteroatoms. The highest BCUT2D eigenvalue weighted by atomic mass is 16.7. The number of carbonyl (C=O) groups is 1. The Morgan fingerprint density at radius 3 is 2.97 bits per heavy atom. The summed E-state index contributed by atoms with van der Waals surface area (Å²) in [7, 11) is 0. The van der Waals surface area contributed by atoms with E-state index in [-0.39, 0.29) is 18.8 Å². The van der Waals surface area contributed by atoms with Crippen LogP contribution in [-0.4, -0.2) is 22.5 Å². The fraction of sp³-hybridized carbons (Fsp3) is 0.273. The van der Waals surface area contributed by atoms with Gasteiger partial charge in [-0.15, -0.1) is 0 Å². The summed E-state index contributed by atoms with van der Waals surface area (Å²) in [6, 6.07) is 15.4. The van der Waals surface area contributed by atoms with Crippen molar-refractivity contribution in [2.45, 2.75) is 32.6 Å². The molecule has 2 aromatic carbocycles. The Balaban J connectivity index is 1.32. The molecule has 0 bridgehead atoms. The van der Waals surface area contributed by atoms with Gasteiger partial charge in [0.2, 0.25) is 6.79 Å². The Kier molecular flexibility index (Phi) is 4.44. The van der Waals surface area contributed by atoms with Gasteiger partial charge in [-0.25, -0.2) is 0 Å². The number of ether oxygens (including phenoxy) is 3. The molecule has 3 aromatic rings. The zero-order chi connectivity index (χ0) is 19.8. The van der Waals surface area contributed by atoms with E-state index in [0.717, 1.165) is 34.9 Å². The molecular weight excluding hydrogens is 370 g/mol. The lowest BCUT2D eigenvalue weighted by atomic mass is 10.1. The minimum atomic E-state index is -0.222. The Morgan fingerprint density at radius 2 is 2.07 bits per heavy atom. The SMILES string of the molecule is CCc1cccc(NC(=O)c2cc3n(n2)CC(c2ccc4c(c2)OCO4)OC3)c1. The Morgan fingerprint density at radius 1 is 1.17 bits per heavy atom. The van der Waals surface area contributed by atoms with Gasteiger partial charge in [-0.05, 0) is 47.9 Å². The fourth-order valence-electron chi connectivity index (χ4n) is 3.62. The van der Waals surface area contributed by atoms with Crippen LogP contribution in [0.5, 0.6) is 11.5 Å². The Bertz CT molecular complexity index is 1080. The van der Waals surface area contributed by atoms with E-state index in [4.69, 9.17) is 14.2 Å². The highest BCUT2D eigenvalue weighted by Gasteiger charge is 2.26. The van der Waals surface area contributed by atoms with E-state index in [1.807, 2.05) is 47.1 Å². The lowest BCUT2D eigenvalue weighted by Crippen LogP contribution is -2.22. The normalized spacial score (nSPS) is 17.1. The molecular formula is C22H21N3O4. The van der Waals surface area contributed by atoms with Gasteiger partial charge in [-0.1, -0.05) is 25.1 Å². The van der Waals surface area contributed by atoms with Gasteiger partial charge in [0.05, 0.1) is 18.8 Å². The minimum Gasteiger partial charge on any atom is -0.454 e. The number of hydrogen-bond donors (Lipinski definition) is 1. The predicted octanol–water partition coefficient (Wildman–Crippen LogP) is 3.70. The second-order valence-electron chi connectivity index (χ2n) is 7.12. The van der Waals surface area contributed by atoms with Crippen LogP contribution in [0.4, 0.5) is 5.69 Å². The summed E-state index contributed by atoms with van der Waals surface area (Å²) >= 11 is 0. The number of rotatable bonds is 4. The molecule has 1 unspecified atom stereocenters. The fourth-order valence-corrected chi connectivity index (χ4v) is 3.62. The molecule has 2 aliphatic heterocycles. The monoisotopic (exact) mass is 391 g/mol. The predicted molar refractivity (Wildman–Crippen MR) is 106 cm³/mol. The molecule has 5 rings (SSSR count). The first-order chi connectivity index (χ1) is 14.2. The second kappa shape index (κ2) is 7.25. The summed E-state index contributed by atoms with van der Waals surface area (Å²) in [5, 5.41) is 7.43. The molecule has 0 spiro atoms. The van der Waals surface area contributed by atoms with Crippen LogP contribution in [0, 0.1) is 0 Å². The first-order valence-electron chi connectivity index (χ1n) is 9.68. The van der Waals surface area contributed by atoms with Crippen molar-refractivity contribution in [3.05, 3.63) is 71.0 Å². The summed E-state index contributed by atoms with van der Waals surface area (Å²) in [6.07, 6.45) is 0.759. The molecule has 1 atom stereocenters. The summed E-state index contributed by atoms with van der Waals surface area (Å²) < 4.78 is 18.7. The first-order valence-corrected chi connectivity index (χ1v) is 9.68. The number of amides is 1. The van der Waals surface area contributed by atoms with Gasteiger partial charge < -0.3 is 19.5 Å². The second-order valence-corrected chi connectivity index (χ2v) is 7.12. The number of anilines is 1. The van der Waals surface area contributed by atoms with Crippen molar-refractivity contribution in [3.8, 4) is 11.5 Å². The van der Waals surface area contributed by atoms with Crippen molar-refractivity contribution >= 4 is 11.6 Å². The quantitative estimate of drug-likeness (QED) is 0.734. The number of hydrogen-bond acceptors (Lipinski definition) is 5. The molecule has 3 heterocycles. The van der Waals surface area contributed by atoms with Gasteiger partial charge in [0.25, 0.3) is 5.91 Å². The van der Waals surface area contributed by atoms with Gasteiger partial charge >= 0.3 is 0 Å². The van der Waals surface area contributed by atoms with Crippen molar-refractivity contribution in [3.63, 3.8) is 0 Å². The maximum Gasteiger partial charge on any atom is 0.276 e. The molecule has 0 saturated heterocycles. The highest BCUT2D eigenvalue weighted by Crippen LogP contribution is 2.36. The average Bonchev–Trinajstić information content (AvgIpc) is 3.39. The van der Waals surface area contributed by atoms with E-state index in [1.165, 1.54) is 5.56 Å². The summed E-state index contributed by atoms with van der Waals surface area (Å²) in [4.78, 5) is 12.7. The summed E-state index contributed by atoms with van der Waals surface area (Å²) in [5.74, 6) is 1.25. The molecule has 148 valence electrons. The standard InChI is InChI=1S/C22H21N3O4/c1-2-14-4-3-5-16(8-14)23-22(26)18-10-17-12-27-21(11-25(17)24-18)15-6-7-19-20(9-15)29-13-28-19/h3-10,21H,2,11-13H2,1H3,(H,23,26).